The van der Waals surface area contributed by atoms with Gasteiger partial charge in [-0.25, -0.2) is 0 Å². The van der Waals surface area contributed by atoms with Crippen LogP contribution in [0.3, 0.4) is 0 Å². The number of hydrogen-bond acceptors (Lipinski definition) is 2. The van der Waals surface area contributed by atoms with Gasteiger partial charge in [0.15, 0.2) is 0 Å². The van der Waals surface area contributed by atoms with Gasteiger partial charge in [-0.15, -0.1) is 0 Å². The summed E-state index contributed by atoms with van der Waals surface area (Å²) in [7, 11) is 0. The lowest BCUT2D eigenvalue weighted by Gasteiger charge is -2.14. The molecule has 0 aromatic heterocycles. The van der Waals surface area contributed by atoms with E-state index < -0.39 is 0 Å². The molecule has 3 heteroatoms. The van der Waals surface area contributed by atoms with Crippen LogP contribution >= 0.6 is 0 Å². The number of hydrogen-bond donors (Lipinski definition) is 1. The Bertz CT molecular complexity index is 580. The van der Waals surface area contributed by atoms with E-state index in [1.165, 1.54) is 29.2 Å². The SMILES string of the molecule is FCCCOc1ccc2ccccc2c1CNC1CC1. The van der Waals surface area contributed by atoms with Crippen molar-refractivity contribution in [2.24, 2.45) is 0 Å². The van der Waals surface area contributed by atoms with Gasteiger partial charge in [0.2, 0.25) is 0 Å². The summed E-state index contributed by atoms with van der Waals surface area (Å²) in [5.74, 6) is 0.880. The zero-order chi connectivity index (χ0) is 13.8. The molecule has 1 fully saturated rings. The van der Waals surface area contributed by atoms with Crippen molar-refractivity contribution in [2.45, 2.75) is 31.8 Å². The third-order valence-corrected chi connectivity index (χ3v) is 3.68. The first-order valence-corrected chi connectivity index (χ1v) is 7.31. The summed E-state index contributed by atoms with van der Waals surface area (Å²) in [5, 5.41) is 5.98. The minimum atomic E-state index is -0.330. The highest BCUT2D eigenvalue weighted by Crippen LogP contribution is 2.29. The van der Waals surface area contributed by atoms with Gasteiger partial charge in [-0.05, 0) is 29.7 Å². The number of nitrogens with one attached hydrogen (secondary N) is 1. The van der Waals surface area contributed by atoms with Gasteiger partial charge < -0.3 is 10.1 Å². The van der Waals surface area contributed by atoms with E-state index in [0.29, 0.717) is 19.1 Å². The van der Waals surface area contributed by atoms with Crippen LogP contribution in [0.4, 0.5) is 4.39 Å². The second-order valence-corrected chi connectivity index (χ2v) is 5.31. The van der Waals surface area contributed by atoms with Crippen LogP contribution < -0.4 is 10.1 Å². The Morgan fingerprint density at radius 1 is 1.15 bits per heavy atom. The molecule has 3 rings (SSSR count). The highest BCUT2D eigenvalue weighted by molar-refractivity contribution is 5.87. The number of ether oxygens (including phenoxy) is 1. The van der Waals surface area contributed by atoms with Crippen molar-refractivity contribution >= 4 is 10.8 Å². The quantitative estimate of drug-likeness (QED) is 0.774. The van der Waals surface area contributed by atoms with E-state index >= 15 is 0 Å². The van der Waals surface area contributed by atoms with Crippen LogP contribution in [0.25, 0.3) is 10.8 Å². The average molecular weight is 273 g/mol. The predicted octanol–water partition coefficient (Wildman–Crippen LogP) is 3.83. The normalized spacial score (nSPS) is 14.7. The van der Waals surface area contributed by atoms with Crippen molar-refractivity contribution in [3.63, 3.8) is 0 Å². The third-order valence-electron chi connectivity index (χ3n) is 3.68. The summed E-state index contributed by atoms with van der Waals surface area (Å²) in [4.78, 5) is 0. The van der Waals surface area contributed by atoms with Gasteiger partial charge in [-0.3, -0.25) is 4.39 Å². The molecule has 0 aliphatic heterocycles. The summed E-state index contributed by atoms with van der Waals surface area (Å²) in [6.07, 6.45) is 2.98. The fourth-order valence-corrected chi connectivity index (χ4v) is 2.40. The maximum Gasteiger partial charge on any atom is 0.124 e. The van der Waals surface area contributed by atoms with Crippen molar-refractivity contribution in [2.75, 3.05) is 13.3 Å². The maximum atomic E-state index is 12.2. The molecule has 0 amide bonds. The van der Waals surface area contributed by atoms with Crippen LogP contribution in [0.5, 0.6) is 5.75 Å². The number of fused-ring (bicyclic) bond motifs is 1. The first-order valence-electron chi connectivity index (χ1n) is 7.31. The Morgan fingerprint density at radius 2 is 2.00 bits per heavy atom. The monoisotopic (exact) mass is 273 g/mol. The molecule has 0 spiro atoms. The van der Waals surface area contributed by atoms with Gasteiger partial charge in [0.25, 0.3) is 0 Å². The molecule has 2 nitrogen and oxygen atoms in total. The van der Waals surface area contributed by atoms with E-state index in [-0.39, 0.29) is 6.67 Å². The van der Waals surface area contributed by atoms with Crippen molar-refractivity contribution in [3.05, 3.63) is 42.0 Å². The van der Waals surface area contributed by atoms with Crippen molar-refractivity contribution < 1.29 is 9.13 Å². The summed E-state index contributed by atoms with van der Waals surface area (Å²) < 4.78 is 18.0. The molecule has 1 saturated carbocycles. The molecule has 20 heavy (non-hydrogen) atoms. The molecule has 1 aliphatic rings. The fourth-order valence-electron chi connectivity index (χ4n) is 2.40. The maximum absolute atomic E-state index is 12.2. The Morgan fingerprint density at radius 3 is 2.80 bits per heavy atom. The Balaban J connectivity index is 1.87. The van der Waals surface area contributed by atoms with E-state index in [0.717, 1.165) is 12.3 Å². The van der Waals surface area contributed by atoms with Gasteiger partial charge >= 0.3 is 0 Å². The molecular weight excluding hydrogens is 253 g/mol. The highest BCUT2D eigenvalue weighted by atomic mass is 19.1. The van der Waals surface area contributed by atoms with Crippen LogP contribution in [0.2, 0.25) is 0 Å². The standard InChI is InChI=1S/C17H20FNO/c18-10-3-11-20-17-9-6-13-4-1-2-5-15(13)16(17)12-19-14-7-8-14/h1-2,4-6,9,14,19H,3,7-8,10-12H2. The highest BCUT2D eigenvalue weighted by Gasteiger charge is 2.21. The van der Waals surface area contributed by atoms with Crippen molar-refractivity contribution in [1.29, 1.82) is 0 Å². The molecule has 2 aromatic rings. The Kier molecular flexibility index (Phi) is 4.16. The smallest absolute Gasteiger partial charge is 0.124 e. The molecule has 0 bridgehead atoms. The van der Waals surface area contributed by atoms with E-state index in [4.69, 9.17) is 4.74 Å². The lowest BCUT2D eigenvalue weighted by atomic mass is 10.0. The topological polar surface area (TPSA) is 21.3 Å². The van der Waals surface area contributed by atoms with Crippen LogP contribution in [-0.4, -0.2) is 19.3 Å². The van der Waals surface area contributed by atoms with Gasteiger partial charge in [0.1, 0.15) is 5.75 Å². The first kappa shape index (κ1) is 13.4. The first-order chi connectivity index (χ1) is 9.88. The molecule has 0 atom stereocenters. The fraction of sp³-hybridized carbons (Fsp3) is 0.412. The molecule has 0 radical (unpaired) electrons. The third kappa shape index (κ3) is 3.10. The second kappa shape index (κ2) is 6.23. The number of halogens is 1. The summed E-state index contributed by atoms with van der Waals surface area (Å²) in [6, 6.07) is 13.1. The van der Waals surface area contributed by atoms with E-state index in [1.54, 1.807) is 0 Å². The largest absolute Gasteiger partial charge is 0.493 e. The van der Waals surface area contributed by atoms with Gasteiger partial charge in [0.05, 0.1) is 13.3 Å². The molecule has 1 N–H and O–H groups in total. The Hall–Kier alpha value is -1.61. The summed E-state index contributed by atoms with van der Waals surface area (Å²) in [6.45, 7) is 0.922. The number of benzene rings is 2. The molecule has 106 valence electrons. The summed E-state index contributed by atoms with van der Waals surface area (Å²) >= 11 is 0. The molecule has 0 saturated heterocycles. The van der Waals surface area contributed by atoms with Crippen molar-refractivity contribution in [3.8, 4) is 5.75 Å². The minimum Gasteiger partial charge on any atom is -0.493 e. The van der Waals surface area contributed by atoms with Crippen LogP contribution in [0.15, 0.2) is 36.4 Å². The number of alkyl halides is 1. The minimum absolute atomic E-state index is 0.330. The lowest BCUT2D eigenvalue weighted by Crippen LogP contribution is -2.16. The molecule has 0 heterocycles. The van der Waals surface area contributed by atoms with Crippen molar-refractivity contribution in [1.82, 2.24) is 5.32 Å². The Labute approximate surface area is 118 Å². The van der Waals surface area contributed by atoms with E-state index in [2.05, 4.69) is 23.5 Å². The van der Waals surface area contributed by atoms with Crippen LogP contribution in [0.1, 0.15) is 24.8 Å². The summed E-state index contributed by atoms with van der Waals surface area (Å²) in [5.41, 5.74) is 1.19. The van der Waals surface area contributed by atoms with Crippen LogP contribution in [0, 0.1) is 0 Å². The lowest BCUT2D eigenvalue weighted by molar-refractivity contribution is 0.287. The zero-order valence-electron chi connectivity index (χ0n) is 11.6. The molecule has 2 aromatic carbocycles. The molecule has 1 aliphatic carbocycles. The average Bonchev–Trinajstić information content (AvgIpc) is 3.30. The number of rotatable bonds is 7. The van der Waals surface area contributed by atoms with Gasteiger partial charge in [-0.1, -0.05) is 30.3 Å². The zero-order valence-corrected chi connectivity index (χ0v) is 11.6. The second-order valence-electron chi connectivity index (χ2n) is 5.31. The van der Waals surface area contributed by atoms with E-state index in [9.17, 15) is 4.39 Å². The van der Waals surface area contributed by atoms with Crippen LogP contribution in [-0.2, 0) is 6.54 Å². The molecular formula is C17H20FNO. The predicted molar refractivity (Wildman–Crippen MR) is 79.9 cm³/mol. The van der Waals surface area contributed by atoms with Gasteiger partial charge in [0, 0.05) is 24.6 Å². The van der Waals surface area contributed by atoms with E-state index in [1.807, 2.05) is 18.2 Å². The van der Waals surface area contributed by atoms with Gasteiger partial charge in [-0.2, -0.15) is 0 Å². The molecule has 0 unspecified atom stereocenters.